The van der Waals surface area contributed by atoms with Crippen LogP contribution in [0.5, 0.6) is 0 Å². The van der Waals surface area contributed by atoms with Gasteiger partial charge in [0.25, 0.3) is 0 Å². The largest absolute Gasteiger partial charge is 0.387 e. The van der Waals surface area contributed by atoms with Crippen LogP contribution in [0.3, 0.4) is 0 Å². The lowest BCUT2D eigenvalue weighted by Gasteiger charge is -2.22. The molecule has 1 aliphatic carbocycles. The molecule has 0 amide bonds. The Morgan fingerprint density at radius 1 is 1.47 bits per heavy atom. The maximum absolute atomic E-state index is 9.82. The van der Waals surface area contributed by atoms with Crippen LogP contribution in [0, 0.1) is 25.2 Å². The maximum atomic E-state index is 9.82. The zero-order chi connectivity index (χ0) is 11.0. The highest BCUT2D eigenvalue weighted by molar-refractivity contribution is 5.48. The van der Waals surface area contributed by atoms with Gasteiger partial charge in [-0.1, -0.05) is 0 Å². The van der Waals surface area contributed by atoms with Gasteiger partial charge in [0.05, 0.1) is 23.4 Å². The van der Waals surface area contributed by atoms with E-state index in [1.165, 1.54) is 0 Å². The van der Waals surface area contributed by atoms with Gasteiger partial charge >= 0.3 is 0 Å². The number of aliphatic hydroxyl groups excluding tert-OH is 1. The molecule has 1 aromatic heterocycles. The summed E-state index contributed by atoms with van der Waals surface area (Å²) >= 11 is 0. The van der Waals surface area contributed by atoms with E-state index in [2.05, 4.69) is 11.1 Å². The molecule has 0 radical (unpaired) electrons. The third-order valence-corrected chi connectivity index (χ3v) is 3.15. The van der Waals surface area contributed by atoms with Gasteiger partial charge in [-0.05, 0) is 44.2 Å². The van der Waals surface area contributed by atoms with Crippen LogP contribution < -0.4 is 0 Å². The molecular weight excluding hydrogens is 188 g/mol. The molecule has 1 aromatic rings. The minimum Gasteiger partial charge on any atom is -0.387 e. The smallest absolute Gasteiger partial charge is 0.0998 e. The highest BCUT2D eigenvalue weighted by atomic mass is 16.3. The molecule has 0 aliphatic heterocycles. The van der Waals surface area contributed by atoms with Crippen molar-refractivity contribution in [3.63, 3.8) is 0 Å². The normalized spacial score (nSPS) is 19.5. The standard InChI is InChI=1S/C12H14N2O/c1-7-8(2)14-12-9(10(7)6-13)4-3-5-11(12)15/h11,15H,3-5H2,1-2H3. The van der Waals surface area contributed by atoms with Gasteiger partial charge in [0.2, 0.25) is 0 Å². The van der Waals surface area contributed by atoms with Crippen molar-refractivity contribution in [2.75, 3.05) is 0 Å². The predicted octanol–water partition coefficient (Wildman–Crippen LogP) is 1.94. The van der Waals surface area contributed by atoms with Crippen LogP contribution in [0.4, 0.5) is 0 Å². The molecule has 0 spiro atoms. The second-order valence-electron chi connectivity index (χ2n) is 4.08. The van der Waals surface area contributed by atoms with Crippen LogP contribution in [0.25, 0.3) is 0 Å². The number of hydrogen-bond acceptors (Lipinski definition) is 3. The molecule has 0 aromatic carbocycles. The summed E-state index contributed by atoms with van der Waals surface area (Å²) in [6.07, 6.45) is 2.07. The number of aryl methyl sites for hydroxylation is 1. The topological polar surface area (TPSA) is 56.9 Å². The first-order chi connectivity index (χ1) is 7.15. The highest BCUT2D eigenvalue weighted by Gasteiger charge is 2.24. The Bertz CT molecular complexity index is 446. The van der Waals surface area contributed by atoms with E-state index in [1.807, 2.05) is 13.8 Å². The molecule has 2 rings (SSSR count). The summed E-state index contributed by atoms with van der Waals surface area (Å²) < 4.78 is 0. The van der Waals surface area contributed by atoms with E-state index >= 15 is 0 Å². The summed E-state index contributed by atoms with van der Waals surface area (Å²) in [5, 5.41) is 19.0. The Balaban J connectivity index is 2.70. The average molecular weight is 202 g/mol. The van der Waals surface area contributed by atoms with E-state index in [-0.39, 0.29) is 0 Å². The van der Waals surface area contributed by atoms with Crippen molar-refractivity contribution >= 4 is 0 Å². The summed E-state index contributed by atoms with van der Waals surface area (Å²) in [4.78, 5) is 4.40. The number of aromatic nitrogens is 1. The number of hydrogen-bond donors (Lipinski definition) is 1. The molecule has 1 heterocycles. The quantitative estimate of drug-likeness (QED) is 0.699. The fraction of sp³-hybridized carbons (Fsp3) is 0.500. The second-order valence-corrected chi connectivity index (χ2v) is 4.08. The summed E-state index contributed by atoms with van der Waals surface area (Å²) in [7, 11) is 0. The summed E-state index contributed by atoms with van der Waals surface area (Å²) in [5.74, 6) is 0. The van der Waals surface area contributed by atoms with E-state index in [0.717, 1.165) is 47.3 Å². The SMILES string of the molecule is Cc1nc2c(c(C#N)c1C)CCCC2O. The van der Waals surface area contributed by atoms with Gasteiger partial charge in [-0.2, -0.15) is 5.26 Å². The third-order valence-electron chi connectivity index (χ3n) is 3.15. The fourth-order valence-corrected chi connectivity index (χ4v) is 2.16. The maximum Gasteiger partial charge on any atom is 0.0998 e. The lowest BCUT2D eigenvalue weighted by Crippen LogP contribution is -2.15. The van der Waals surface area contributed by atoms with Gasteiger partial charge in [-0.15, -0.1) is 0 Å². The lowest BCUT2D eigenvalue weighted by molar-refractivity contribution is 0.151. The van der Waals surface area contributed by atoms with Gasteiger partial charge in [-0.3, -0.25) is 4.98 Å². The van der Waals surface area contributed by atoms with Crippen molar-refractivity contribution in [1.82, 2.24) is 4.98 Å². The fourth-order valence-electron chi connectivity index (χ4n) is 2.16. The molecule has 3 heteroatoms. The summed E-state index contributed by atoms with van der Waals surface area (Å²) in [5.41, 5.74) is 4.20. The monoisotopic (exact) mass is 202 g/mol. The lowest BCUT2D eigenvalue weighted by atomic mass is 9.88. The zero-order valence-corrected chi connectivity index (χ0v) is 9.04. The number of rotatable bonds is 0. The Kier molecular flexibility index (Phi) is 2.45. The summed E-state index contributed by atoms with van der Waals surface area (Å²) in [6, 6.07) is 2.23. The first-order valence-corrected chi connectivity index (χ1v) is 5.23. The third kappa shape index (κ3) is 1.51. The highest BCUT2D eigenvalue weighted by Crippen LogP contribution is 2.32. The Morgan fingerprint density at radius 3 is 2.87 bits per heavy atom. The first-order valence-electron chi connectivity index (χ1n) is 5.23. The van der Waals surface area contributed by atoms with E-state index < -0.39 is 6.10 Å². The molecule has 0 saturated carbocycles. The van der Waals surface area contributed by atoms with E-state index in [4.69, 9.17) is 5.26 Å². The number of fused-ring (bicyclic) bond motifs is 1. The molecule has 0 saturated heterocycles. The number of nitrogens with zero attached hydrogens (tertiary/aromatic N) is 2. The van der Waals surface area contributed by atoms with Crippen LogP contribution in [0.2, 0.25) is 0 Å². The van der Waals surface area contributed by atoms with Gasteiger partial charge in [0, 0.05) is 5.69 Å². The van der Waals surface area contributed by atoms with Crippen LogP contribution in [-0.4, -0.2) is 10.1 Å². The predicted molar refractivity (Wildman–Crippen MR) is 56.3 cm³/mol. The van der Waals surface area contributed by atoms with Gasteiger partial charge in [0.1, 0.15) is 0 Å². The van der Waals surface area contributed by atoms with Crippen molar-refractivity contribution in [3.8, 4) is 6.07 Å². The van der Waals surface area contributed by atoms with E-state index in [0.29, 0.717) is 0 Å². The van der Waals surface area contributed by atoms with E-state index in [9.17, 15) is 5.11 Å². The van der Waals surface area contributed by atoms with Gasteiger partial charge in [0.15, 0.2) is 0 Å². The molecule has 0 bridgehead atoms. The van der Waals surface area contributed by atoms with Crippen LogP contribution in [0.1, 0.15) is 47.0 Å². The van der Waals surface area contributed by atoms with Crippen molar-refractivity contribution < 1.29 is 5.11 Å². The Morgan fingerprint density at radius 2 is 2.20 bits per heavy atom. The molecule has 78 valence electrons. The van der Waals surface area contributed by atoms with Crippen molar-refractivity contribution in [1.29, 1.82) is 5.26 Å². The molecule has 1 aliphatic rings. The average Bonchev–Trinajstić information content (AvgIpc) is 2.22. The van der Waals surface area contributed by atoms with Crippen LogP contribution in [0.15, 0.2) is 0 Å². The van der Waals surface area contributed by atoms with Crippen LogP contribution in [-0.2, 0) is 6.42 Å². The minimum absolute atomic E-state index is 0.486. The molecular formula is C12H14N2O. The number of nitriles is 1. The first kappa shape index (κ1) is 10.1. The summed E-state index contributed by atoms with van der Waals surface area (Å²) in [6.45, 7) is 3.81. The molecule has 1 unspecified atom stereocenters. The number of pyridine rings is 1. The van der Waals surface area contributed by atoms with E-state index in [1.54, 1.807) is 0 Å². The molecule has 0 fully saturated rings. The Hall–Kier alpha value is -1.40. The number of aliphatic hydroxyl groups is 1. The Labute approximate surface area is 89.4 Å². The second kappa shape index (κ2) is 3.63. The van der Waals surface area contributed by atoms with Crippen molar-refractivity contribution in [3.05, 3.63) is 28.1 Å². The molecule has 1 atom stereocenters. The molecule has 3 nitrogen and oxygen atoms in total. The minimum atomic E-state index is -0.486. The van der Waals surface area contributed by atoms with Crippen molar-refractivity contribution in [2.24, 2.45) is 0 Å². The van der Waals surface area contributed by atoms with Gasteiger partial charge < -0.3 is 5.11 Å². The van der Waals surface area contributed by atoms with Crippen molar-refractivity contribution in [2.45, 2.75) is 39.2 Å². The molecule has 15 heavy (non-hydrogen) atoms. The zero-order valence-electron chi connectivity index (χ0n) is 9.04. The van der Waals surface area contributed by atoms with Gasteiger partial charge in [-0.25, -0.2) is 0 Å². The van der Waals surface area contributed by atoms with Crippen LogP contribution >= 0.6 is 0 Å². The molecule has 1 N–H and O–H groups in total.